The normalized spacial score (nSPS) is 14.3. The molecule has 17 heavy (non-hydrogen) atoms. The number of amides is 1. The van der Waals surface area contributed by atoms with Gasteiger partial charge in [-0.05, 0) is 45.6 Å². The third-order valence-corrected chi connectivity index (χ3v) is 2.43. The Morgan fingerprint density at radius 3 is 2.12 bits per heavy atom. The summed E-state index contributed by atoms with van der Waals surface area (Å²) >= 11 is 0. The largest absolute Gasteiger partial charge is 0.444 e. The van der Waals surface area contributed by atoms with Crippen molar-refractivity contribution in [2.24, 2.45) is 11.1 Å². The van der Waals surface area contributed by atoms with E-state index in [2.05, 4.69) is 26.1 Å². The van der Waals surface area contributed by atoms with Gasteiger partial charge in [-0.25, -0.2) is 4.79 Å². The van der Waals surface area contributed by atoms with E-state index in [0.29, 0.717) is 6.54 Å². The van der Waals surface area contributed by atoms with Crippen molar-refractivity contribution < 1.29 is 9.53 Å². The third kappa shape index (κ3) is 8.02. The van der Waals surface area contributed by atoms with Gasteiger partial charge in [0.1, 0.15) is 5.60 Å². The van der Waals surface area contributed by atoms with Crippen molar-refractivity contribution in [2.45, 2.75) is 66.0 Å². The second-order valence-corrected chi connectivity index (χ2v) is 6.50. The van der Waals surface area contributed by atoms with Crippen LogP contribution in [0, 0.1) is 5.41 Å². The SMILES string of the molecule is CC(C)(C)OC(=O)NC(CCCN)C(C)(C)C. The molecular weight excluding hydrogens is 216 g/mol. The highest BCUT2D eigenvalue weighted by molar-refractivity contribution is 5.68. The summed E-state index contributed by atoms with van der Waals surface area (Å²) in [6.45, 7) is 12.5. The Labute approximate surface area is 105 Å². The number of alkyl carbamates (subject to hydrolysis) is 1. The van der Waals surface area contributed by atoms with Crippen LogP contribution in [0.25, 0.3) is 0 Å². The molecule has 0 aromatic rings. The van der Waals surface area contributed by atoms with Crippen LogP contribution in [0.15, 0.2) is 0 Å². The highest BCUT2D eigenvalue weighted by Crippen LogP contribution is 2.23. The number of nitrogens with one attached hydrogen (secondary N) is 1. The van der Waals surface area contributed by atoms with E-state index >= 15 is 0 Å². The Morgan fingerprint density at radius 1 is 1.24 bits per heavy atom. The van der Waals surface area contributed by atoms with Gasteiger partial charge in [0.2, 0.25) is 0 Å². The fourth-order valence-electron chi connectivity index (χ4n) is 1.49. The Morgan fingerprint density at radius 2 is 1.76 bits per heavy atom. The zero-order valence-corrected chi connectivity index (χ0v) is 12.1. The number of carbonyl (C=O) groups excluding carboxylic acids is 1. The van der Waals surface area contributed by atoms with Crippen LogP contribution >= 0.6 is 0 Å². The fourth-order valence-corrected chi connectivity index (χ4v) is 1.49. The van der Waals surface area contributed by atoms with E-state index in [0.717, 1.165) is 12.8 Å². The standard InChI is InChI=1S/C13H28N2O2/c1-12(2,3)10(8-7-9-14)15-11(16)17-13(4,5)6/h10H,7-9,14H2,1-6H3,(H,15,16). The molecule has 0 fully saturated rings. The molecule has 0 aliphatic heterocycles. The summed E-state index contributed by atoms with van der Waals surface area (Å²) in [4.78, 5) is 11.7. The molecule has 0 rings (SSSR count). The van der Waals surface area contributed by atoms with E-state index in [1.54, 1.807) is 0 Å². The van der Waals surface area contributed by atoms with Crippen LogP contribution in [0.3, 0.4) is 0 Å². The lowest BCUT2D eigenvalue weighted by Gasteiger charge is -2.32. The van der Waals surface area contributed by atoms with Crippen molar-refractivity contribution in [1.29, 1.82) is 0 Å². The van der Waals surface area contributed by atoms with Crippen LogP contribution in [0.1, 0.15) is 54.4 Å². The fraction of sp³-hybridized carbons (Fsp3) is 0.923. The van der Waals surface area contributed by atoms with E-state index in [1.807, 2.05) is 20.8 Å². The van der Waals surface area contributed by atoms with Crippen LogP contribution in [0.2, 0.25) is 0 Å². The zero-order chi connectivity index (χ0) is 13.7. The van der Waals surface area contributed by atoms with Gasteiger partial charge in [-0.15, -0.1) is 0 Å². The van der Waals surface area contributed by atoms with Gasteiger partial charge in [-0.3, -0.25) is 0 Å². The average molecular weight is 244 g/mol. The summed E-state index contributed by atoms with van der Waals surface area (Å²) in [7, 11) is 0. The van der Waals surface area contributed by atoms with Gasteiger partial charge in [0.25, 0.3) is 0 Å². The first-order valence-electron chi connectivity index (χ1n) is 6.26. The first-order valence-corrected chi connectivity index (χ1v) is 6.26. The predicted molar refractivity (Wildman–Crippen MR) is 70.9 cm³/mol. The van der Waals surface area contributed by atoms with Crippen molar-refractivity contribution in [3.63, 3.8) is 0 Å². The van der Waals surface area contributed by atoms with Gasteiger partial charge in [0, 0.05) is 6.04 Å². The van der Waals surface area contributed by atoms with Gasteiger partial charge >= 0.3 is 6.09 Å². The van der Waals surface area contributed by atoms with Gasteiger partial charge in [-0.2, -0.15) is 0 Å². The molecule has 0 aromatic carbocycles. The van der Waals surface area contributed by atoms with Crippen LogP contribution in [0.4, 0.5) is 4.79 Å². The molecule has 4 nitrogen and oxygen atoms in total. The summed E-state index contributed by atoms with van der Waals surface area (Å²) in [5, 5.41) is 2.93. The molecule has 0 saturated heterocycles. The minimum atomic E-state index is -0.458. The number of rotatable bonds is 4. The number of hydrogen-bond acceptors (Lipinski definition) is 3. The quantitative estimate of drug-likeness (QED) is 0.799. The Bertz CT molecular complexity index is 239. The number of nitrogens with two attached hydrogens (primary N) is 1. The van der Waals surface area contributed by atoms with Crippen molar-refractivity contribution in [1.82, 2.24) is 5.32 Å². The monoisotopic (exact) mass is 244 g/mol. The first-order chi connectivity index (χ1) is 7.56. The molecule has 3 N–H and O–H groups in total. The lowest BCUT2D eigenvalue weighted by atomic mass is 9.84. The second-order valence-electron chi connectivity index (χ2n) is 6.50. The van der Waals surface area contributed by atoms with E-state index < -0.39 is 5.60 Å². The smallest absolute Gasteiger partial charge is 0.407 e. The number of hydrogen-bond donors (Lipinski definition) is 2. The van der Waals surface area contributed by atoms with Crippen molar-refractivity contribution in [2.75, 3.05) is 6.54 Å². The zero-order valence-electron chi connectivity index (χ0n) is 12.1. The average Bonchev–Trinajstić information content (AvgIpc) is 2.07. The van der Waals surface area contributed by atoms with Crippen molar-refractivity contribution in [3.8, 4) is 0 Å². The molecule has 0 spiro atoms. The first kappa shape index (κ1) is 16.2. The lowest BCUT2D eigenvalue weighted by molar-refractivity contribution is 0.0458. The van der Waals surface area contributed by atoms with Crippen molar-refractivity contribution in [3.05, 3.63) is 0 Å². The van der Waals surface area contributed by atoms with Crippen molar-refractivity contribution >= 4 is 6.09 Å². The molecule has 1 unspecified atom stereocenters. The van der Waals surface area contributed by atoms with E-state index in [1.165, 1.54) is 0 Å². The molecule has 0 saturated carbocycles. The van der Waals surface area contributed by atoms with Crippen LogP contribution in [-0.2, 0) is 4.74 Å². The Hall–Kier alpha value is -0.770. The molecule has 0 aromatic heterocycles. The van der Waals surface area contributed by atoms with Crippen LogP contribution < -0.4 is 11.1 Å². The summed E-state index contributed by atoms with van der Waals surface area (Å²) < 4.78 is 5.26. The summed E-state index contributed by atoms with van der Waals surface area (Å²) in [6.07, 6.45) is 1.42. The minimum Gasteiger partial charge on any atom is -0.444 e. The molecule has 1 amide bonds. The second kappa shape index (κ2) is 6.24. The van der Waals surface area contributed by atoms with E-state index in [-0.39, 0.29) is 17.6 Å². The molecule has 0 bridgehead atoms. The molecular formula is C13H28N2O2. The third-order valence-electron chi connectivity index (χ3n) is 2.43. The number of carbonyl (C=O) groups is 1. The highest BCUT2D eigenvalue weighted by Gasteiger charge is 2.27. The Kier molecular flexibility index (Phi) is 5.96. The topological polar surface area (TPSA) is 64.3 Å². The molecule has 0 heterocycles. The molecule has 0 aliphatic carbocycles. The van der Waals surface area contributed by atoms with E-state index in [4.69, 9.17) is 10.5 Å². The maximum absolute atomic E-state index is 11.7. The maximum Gasteiger partial charge on any atom is 0.407 e. The molecule has 102 valence electrons. The molecule has 0 aliphatic rings. The van der Waals surface area contributed by atoms with E-state index in [9.17, 15) is 4.79 Å². The maximum atomic E-state index is 11.7. The van der Waals surface area contributed by atoms with Gasteiger partial charge in [0.05, 0.1) is 0 Å². The lowest BCUT2D eigenvalue weighted by Crippen LogP contribution is -2.46. The highest BCUT2D eigenvalue weighted by atomic mass is 16.6. The van der Waals surface area contributed by atoms with Crippen LogP contribution in [-0.4, -0.2) is 24.3 Å². The summed E-state index contributed by atoms with van der Waals surface area (Å²) in [5.74, 6) is 0. The Balaban J connectivity index is 4.39. The molecule has 0 radical (unpaired) electrons. The minimum absolute atomic E-state index is 0.00603. The van der Waals surface area contributed by atoms with Crippen LogP contribution in [0.5, 0.6) is 0 Å². The van der Waals surface area contributed by atoms with Gasteiger partial charge in [-0.1, -0.05) is 20.8 Å². The molecule has 4 heteroatoms. The molecule has 1 atom stereocenters. The number of ether oxygens (including phenoxy) is 1. The van der Waals surface area contributed by atoms with Gasteiger partial charge in [0.15, 0.2) is 0 Å². The summed E-state index contributed by atoms with van der Waals surface area (Å²) in [5.41, 5.74) is 5.06. The predicted octanol–water partition coefficient (Wildman–Crippen LogP) is 2.66. The van der Waals surface area contributed by atoms with Gasteiger partial charge < -0.3 is 15.8 Å². The summed E-state index contributed by atoms with van der Waals surface area (Å²) in [6, 6.07) is 0.0842.